The monoisotopic (exact) mass is 357 g/mol. The highest BCUT2D eigenvalue weighted by Gasteiger charge is 2.28. The molecule has 140 valence electrons. The van der Waals surface area contributed by atoms with E-state index in [4.69, 9.17) is 15.2 Å². The SMILES string of the molecule is Cc1cc(N)c2c(OCC(C)(C)NC(=O)C3CCOCC3)cccc2n1. The van der Waals surface area contributed by atoms with Crippen LogP contribution >= 0.6 is 0 Å². The molecular weight excluding hydrogens is 330 g/mol. The Bertz CT molecular complexity index is 798. The van der Waals surface area contributed by atoms with E-state index in [0.29, 0.717) is 31.3 Å². The van der Waals surface area contributed by atoms with Crippen molar-refractivity contribution in [3.05, 3.63) is 30.0 Å². The number of nitrogens with two attached hydrogens (primary N) is 1. The van der Waals surface area contributed by atoms with Crippen LogP contribution in [0.3, 0.4) is 0 Å². The summed E-state index contributed by atoms with van der Waals surface area (Å²) in [6, 6.07) is 7.54. The molecule has 0 atom stereocenters. The van der Waals surface area contributed by atoms with Crippen molar-refractivity contribution in [2.45, 2.75) is 39.2 Å². The van der Waals surface area contributed by atoms with Gasteiger partial charge in [-0.25, -0.2) is 0 Å². The van der Waals surface area contributed by atoms with Crippen molar-refractivity contribution in [1.82, 2.24) is 10.3 Å². The van der Waals surface area contributed by atoms with Crippen LogP contribution in [0.25, 0.3) is 10.9 Å². The number of aryl methyl sites for hydroxylation is 1. The van der Waals surface area contributed by atoms with Gasteiger partial charge in [-0.05, 0) is 51.8 Å². The van der Waals surface area contributed by atoms with Crippen LogP contribution in [0.4, 0.5) is 5.69 Å². The second-order valence-corrected chi connectivity index (χ2v) is 7.55. The van der Waals surface area contributed by atoms with Gasteiger partial charge in [0.1, 0.15) is 12.4 Å². The van der Waals surface area contributed by atoms with E-state index in [1.807, 2.05) is 45.0 Å². The lowest BCUT2D eigenvalue weighted by Gasteiger charge is -2.30. The molecule has 3 N–H and O–H groups in total. The number of hydrogen-bond acceptors (Lipinski definition) is 5. The lowest BCUT2D eigenvalue weighted by Crippen LogP contribution is -2.50. The number of nitrogens with zero attached hydrogens (tertiary/aromatic N) is 1. The minimum Gasteiger partial charge on any atom is -0.490 e. The number of anilines is 1. The number of benzene rings is 1. The van der Waals surface area contributed by atoms with Gasteiger partial charge in [-0.1, -0.05) is 6.07 Å². The summed E-state index contributed by atoms with van der Waals surface area (Å²) in [5, 5.41) is 3.91. The van der Waals surface area contributed by atoms with Gasteiger partial charge >= 0.3 is 0 Å². The minimum absolute atomic E-state index is 0.0170. The summed E-state index contributed by atoms with van der Waals surface area (Å²) in [5.41, 5.74) is 8.00. The first-order valence-electron chi connectivity index (χ1n) is 9.04. The third-order valence-corrected chi connectivity index (χ3v) is 4.60. The van der Waals surface area contributed by atoms with Crippen LogP contribution in [0.15, 0.2) is 24.3 Å². The molecule has 6 nitrogen and oxygen atoms in total. The molecule has 3 rings (SSSR count). The maximum atomic E-state index is 12.5. The zero-order valence-electron chi connectivity index (χ0n) is 15.7. The summed E-state index contributed by atoms with van der Waals surface area (Å²) < 4.78 is 11.4. The normalized spacial score (nSPS) is 15.8. The van der Waals surface area contributed by atoms with Gasteiger partial charge in [-0.3, -0.25) is 9.78 Å². The van der Waals surface area contributed by atoms with E-state index >= 15 is 0 Å². The molecule has 1 aliphatic heterocycles. The topological polar surface area (TPSA) is 86.5 Å². The number of rotatable bonds is 5. The maximum absolute atomic E-state index is 12.5. The van der Waals surface area contributed by atoms with Crippen molar-refractivity contribution in [2.75, 3.05) is 25.6 Å². The van der Waals surface area contributed by atoms with Crippen molar-refractivity contribution in [2.24, 2.45) is 5.92 Å². The smallest absolute Gasteiger partial charge is 0.223 e. The molecule has 1 saturated heterocycles. The molecule has 1 aromatic carbocycles. The van der Waals surface area contributed by atoms with Crippen molar-refractivity contribution in [3.63, 3.8) is 0 Å². The Hall–Kier alpha value is -2.34. The Labute approximate surface area is 154 Å². The molecule has 26 heavy (non-hydrogen) atoms. The standard InChI is InChI=1S/C20H27N3O3/c1-13-11-15(21)18-16(22-13)5-4-6-17(18)26-12-20(2,3)23-19(24)14-7-9-25-10-8-14/h4-6,11,14H,7-10,12H2,1-3H3,(H2,21,22)(H,23,24). The third kappa shape index (κ3) is 4.25. The molecule has 0 unspecified atom stereocenters. The highest BCUT2D eigenvalue weighted by atomic mass is 16.5. The molecule has 0 aliphatic carbocycles. The van der Waals surface area contributed by atoms with E-state index in [0.717, 1.165) is 29.4 Å². The van der Waals surface area contributed by atoms with E-state index in [1.54, 1.807) is 0 Å². The molecule has 1 aliphatic rings. The molecule has 0 radical (unpaired) electrons. The third-order valence-electron chi connectivity index (χ3n) is 4.60. The van der Waals surface area contributed by atoms with E-state index in [9.17, 15) is 4.79 Å². The van der Waals surface area contributed by atoms with Gasteiger partial charge in [-0.15, -0.1) is 0 Å². The van der Waals surface area contributed by atoms with Gasteiger partial charge in [0.25, 0.3) is 0 Å². The summed E-state index contributed by atoms with van der Waals surface area (Å²) >= 11 is 0. The van der Waals surface area contributed by atoms with Gasteiger partial charge in [0, 0.05) is 30.5 Å². The summed E-state index contributed by atoms with van der Waals surface area (Å²) in [4.78, 5) is 17.0. The van der Waals surface area contributed by atoms with Gasteiger partial charge in [0.15, 0.2) is 0 Å². The lowest BCUT2D eigenvalue weighted by molar-refractivity contribution is -0.129. The molecule has 1 amide bonds. The Kier molecular flexibility index (Phi) is 5.32. The Morgan fingerprint density at radius 3 is 2.85 bits per heavy atom. The summed E-state index contributed by atoms with van der Waals surface area (Å²) in [5.74, 6) is 0.765. The van der Waals surface area contributed by atoms with E-state index in [1.165, 1.54) is 0 Å². The van der Waals surface area contributed by atoms with Crippen LogP contribution in [0, 0.1) is 12.8 Å². The number of fused-ring (bicyclic) bond motifs is 1. The van der Waals surface area contributed by atoms with Crippen LogP contribution < -0.4 is 15.8 Å². The number of nitrogens with one attached hydrogen (secondary N) is 1. The molecule has 1 fully saturated rings. The lowest BCUT2D eigenvalue weighted by atomic mass is 9.97. The average Bonchev–Trinajstić information content (AvgIpc) is 2.60. The second kappa shape index (κ2) is 7.50. The predicted octanol–water partition coefficient (Wildman–Crippen LogP) is 2.83. The first kappa shape index (κ1) is 18.5. The van der Waals surface area contributed by atoms with Crippen LogP contribution in [-0.2, 0) is 9.53 Å². The van der Waals surface area contributed by atoms with Crippen LogP contribution in [0.1, 0.15) is 32.4 Å². The first-order chi connectivity index (χ1) is 12.4. The number of carbonyl (C=O) groups is 1. The fourth-order valence-corrected chi connectivity index (χ4v) is 3.23. The minimum atomic E-state index is -0.496. The van der Waals surface area contributed by atoms with Crippen molar-refractivity contribution in [3.8, 4) is 5.75 Å². The maximum Gasteiger partial charge on any atom is 0.223 e. The molecular formula is C20H27N3O3. The average molecular weight is 357 g/mol. The predicted molar refractivity (Wildman–Crippen MR) is 102 cm³/mol. The zero-order chi connectivity index (χ0) is 18.7. The molecule has 1 aromatic heterocycles. The Morgan fingerprint density at radius 1 is 1.38 bits per heavy atom. The van der Waals surface area contributed by atoms with Gasteiger partial charge in [-0.2, -0.15) is 0 Å². The Balaban J connectivity index is 1.69. The molecule has 0 saturated carbocycles. The fraction of sp³-hybridized carbons (Fsp3) is 0.500. The quantitative estimate of drug-likeness (QED) is 0.859. The second-order valence-electron chi connectivity index (χ2n) is 7.55. The molecule has 0 bridgehead atoms. The summed E-state index contributed by atoms with van der Waals surface area (Å²) in [6.07, 6.45) is 1.54. The van der Waals surface area contributed by atoms with Gasteiger partial charge in [0.05, 0.1) is 16.4 Å². The summed E-state index contributed by atoms with van der Waals surface area (Å²) in [7, 11) is 0. The number of ether oxygens (including phenoxy) is 2. The Morgan fingerprint density at radius 2 is 2.12 bits per heavy atom. The van der Waals surface area contributed by atoms with Crippen molar-refractivity contribution >= 4 is 22.5 Å². The van der Waals surface area contributed by atoms with Crippen LogP contribution in [-0.4, -0.2) is 36.3 Å². The fourth-order valence-electron chi connectivity index (χ4n) is 3.23. The van der Waals surface area contributed by atoms with E-state index in [-0.39, 0.29) is 11.8 Å². The number of pyridine rings is 1. The number of amides is 1. The highest BCUT2D eigenvalue weighted by molar-refractivity contribution is 5.95. The van der Waals surface area contributed by atoms with E-state index in [2.05, 4.69) is 10.3 Å². The molecule has 2 aromatic rings. The van der Waals surface area contributed by atoms with Crippen molar-refractivity contribution < 1.29 is 14.3 Å². The molecule has 2 heterocycles. The number of carbonyl (C=O) groups excluding carboxylic acids is 1. The number of nitrogen functional groups attached to an aromatic ring is 1. The largest absolute Gasteiger partial charge is 0.490 e. The van der Waals surface area contributed by atoms with Crippen molar-refractivity contribution in [1.29, 1.82) is 0 Å². The summed E-state index contributed by atoms with van der Waals surface area (Å²) in [6.45, 7) is 7.47. The van der Waals surface area contributed by atoms with Crippen LogP contribution in [0.2, 0.25) is 0 Å². The van der Waals surface area contributed by atoms with Crippen LogP contribution in [0.5, 0.6) is 5.75 Å². The van der Waals surface area contributed by atoms with Gasteiger partial charge in [0.2, 0.25) is 5.91 Å². The zero-order valence-corrected chi connectivity index (χ0v) is 15.7. The molecule has 6 heteroatoms. The number of hydrogen-bond donors (Lipinski definition) is 2. The highest BCUT2D eigenvalue weighted by Crippen LogP contribution is 2.30. The van der Waals surface area contributed by atoms with Gasteiger partial charge < -0.3 is 20.5 Å². The first-order valence-corrected chi connectivity index (χ1v) is 9.04. The molecule has 0 spiro atoms. The number of aromatic nitrogens is 1. The van der Waals surface area contributed by atoms with E-state index < -0.39 is 5.54 Å².